The van der Waals surface area contributed by atoms with E-state index in [0.29, 0.717) is 0 Å². The first-order chi connectivity index (χ1) is 12.6. The Morgan fingerprint density at radius 3 is 1.89 bits per heavy atom. The van der Waals surface area contributed by atoms with E-state index in [2.05, 4.69) is 15.3 Å². The number of ether oxygens (including phenoxy) is 4. The molecule has 1 saturated heterocycles. The smallest absolute Gasteiger partial charge is 0.303 e. The summed E-state index contributed by atoms with van der Waals surface area (Å²) in [6.45, 7) is 6.63. The molecule has 12 heteroatoms. The molecule has 1 rings (SSSR count). The van der Waals surface area contributed by atoms with Crippen molar-refractivity contribution in [3.8, 4) is 0 Å². The number of azide groups is 1. The van der Waals surface area contributed by atoms with Gasteiger partial charge in [0.2, 0.25) is 0 Å². The molecule has 1 aliphatic heterocycles. The van der Waals surface area contributed by atoms with E-state index in [1.807, 2.05) is 0 Å². The SMILES string of the molecule is CC(=O)O[C@@H]1[C@@H](OC(C)=O)[C@H](N=[N+]=[N-])O[C@H](C(=O)NC(C)C)[C@H]1OC(C)=O. The van der Waals surface area contributed by atoms with Crippen LogP contribution in [-0.2, 0) is 38.1 Å². The highest BCUT2D eigenvalue weighted by molar-refractivity contribution is 5.82. The third-order valence-electron chi connectivity index (χ3n) is 3.27. The van der Waals surface area contributed by atoms with E-state index in [1.54, 1.807) is 13.8 Å². The average molecular weight is 386 g/mol. The lowest BCUT2D eigenvalue weighted by Crippen LogP contribution is -2.64. The molecule has 0 aliphatic carbocycles. The molecule has 12 nitrogen and oxygen atoms in total. The van der Waals surface area contributed by atoms with Crippen molar-refractivity contribution >= 4 is 23.8 Å². The predicted molar refractivity (Wildman–Crippen MR) is 87.7 cm³/mol. The summed E-state index contributed by atoms with van der Waals surface area (Å²) in [7, 11) is 0. The normalized spacial score (nSPS) is 27.1. The molecule has 150 valence electrons. The van der Waals surface area contributed by atoms with Crippen molar-refractivity contribution in [2.45, 2.75) is 71.3 Å². The van der Waals surface area contributed by atoms with Gasteiger partial charge in [-0.25, -0.2) is 0 Å². The third-order valence-corrected chi connectivity index (χ3v) is 3.27. The number of rotatable bonds is 6. The molecule has 0 saturated carbocycles. The Morgan fingerprint density at radius 2 is 1.44 bits per heavy atom. The van der Waals surface area contributed by atoms with Gasteiger partial charge in [0.15, 0.2) is 30.6 Å². The molecule has 0 radical (unpaired) electrons. The number of nitrogens with one attached hydrogen (secondary N) is 1. The number of amides is 1. The summed E-state index contributed by atoms with van der Waals surface area (Å²) in [5.41, 5.74) is 8.76. The van der Waals surface area contributed by atoms with Gasteiger partial charge in [-0.1, -0.05) is 5.11 Å². The fourth-order valence-corrected chi connectivity index (χ4v) is 2.51. The Balaban J connectivity index is 3.40. The fourth-order valence-electron chi connectivity index (χ4n) is 2.51. The van der Waals surface area contributed by atoms with Crippen LogP contribution in [0.5, 0.6) is 0 Å². The second-order valence-electron chi connectivity index (χ2n) is 6.04. The summed E-state index contributed by atoms with van der Waals surface area (Å²) in [6.07, 6.45) is -7.24. The molecule has 0 bridgehead atoms. The fraction of sp³-hybridized carbons (Fsp3) is 0.733. The number of carbonyl (C=O) groups excluding carboxylic acids is 4. The minimum Gasteiger partial charge on any atom is -0.455 e. The van der Waals surface area contributed by atoms with Crippen molar-refractivity contribution in [3.05, 3.63) is 10.4 Å². The van der Waals surface area contributed by atoms with Gasteiger partial charge in [-0.2, -0.15) is 0 Å². The van der Waals surface area contributed by atoms with Crippen molar-refractivity contribution in [3.63, 3.8) is 0 Å². The van der Waals surface area contributed by atoms with Crippen LogP contribution >= 0.6 is 0 Å². The van der Waals surface area contributed by atoms with Crippen LogP contribution in [0.4, 0.5) is 0 Å². The molecular weight excluding hydrogens is 364 g/mol. The second-order valence-corrected chi connectivity index (χ2v) is 6.04. The summed E-state index contributed by atoms with van der Waals surface area (Å²) in [6, 6.07) is -0.282. The van der Waals surface area contributed by atoms with E-state index in [4.69, 9.17) is 24.5 Å². The minimum absolute atomic E-state index is 0.282. The molecule has 0 aromatic rings. The van der Waals surface area contributed by atoms with Crippen LogP contribution in [0.3, 0.4) is 0 Å². The molecule has 1 amide bonds. The van der Waals surface area contributed by atoms with Crippen molar-refractivity contribution in [2.24, 2.45) is 5.11 Å². The van der Waals surface area contributed by atoms with Gasteiger partial charge in [0.1, 0.15) is 0 Å². The van der Waals surface area contributed by atoms with E-state index < -0.39 is 54.5 Å². The highest BCUT2D eigenvalue weighted by Gasteiger charge is 2.54. The van der Waals surface area contributed by atoms with Gasteiger partial charge >= 0.3 is 17.9 Å². The molecule has 1 fully saturated rings. The summed E-state index contributed by atoms with van der Waals surface area (Å²) in [5.74, 6) is -3.05. The average Bonchev–Trinajstić information content (AvgIpc) is 2.50. The highest BCUT2D eigenvalue weighted by Crippen LogP contribution is 2.30. The van der Waals surface area contributed by atoms with E-state index in [9.17, 15) is 19.2 Å². The molecule has 1 aliphatic rings. The number of carbonyl (C=O) groups is 4. The summed E-state index contributed by atoms with van der Waals surface area (Å²) in [4.78, 5) is 49.6. The topological polar surface area (TPSA) is 166 Å². The van der Waals surface area contributed by atoms with Crippen LogP contribution < -0.4 is 5.32 Å². The molecule has 1 heterocycles. The van der Waals surface area contributed by atoms with Crippen LogP contribution in [0, 0.1) is 0 Å². The Kier molecular flexibility index (Phi) is 8.00. The molecule has 0 aromatic carbocycles. The Hall–Kier alpha value is -2.85. The zero-order chi connectivity index (χ0) is 20.7. The van der Waals surface area contributed by atoms with E-state index >= 15 is 0 Å². The van der Waals surface area contributed by atoms with Gasteiger partial charge in [-0.3, -0.25) is 19.2 Å². The van der Waals surface area contributed by atoms with E-state index in [1.165, 1.54) is 0 Å². The maximum atomic E-state index is 12.5. The zero-order valence-electron chi connectivity index (χ0n) is 15.6. The lowest BCUT2D eigenvalue weighted by molar-refractivity contribution is -0.242. The molecule has 1 N–H and O–H groups in total. The number of esters is 3. The van der Waals surface area contributed by atoms with Gasteiger partial charge in [0, 0.05) is 31.7 Å². The van der Waals surface area contributed by atoms with Gasteiger partial charge in [0.05, 0.1) is 0 Å². The molecule has 0 unspecified atom stereocenters. The van der Waals surface area contributed by atoms with Gasteiger partial charge in [0.25, 0.3) is 5.91 Å². The molecule has 5 atom stereocenters. The van der Waals surface area contributed by atoms with Crippen molar-refractivity contribution in [1.82, 2.24) is 5.32 Å². The quantitative estimate of drug-likeness (QED) is 0.224. The monoisotopic (exact) mass is 386 g/mol. The number of nitrogens with zero attached hydrogens (tertiary/aromatic N) is 3. The van der Waals surface area contributed by atoms with Gasteiger partial charge < -0.3 is 24.3 Å². The van der Waals surface area contributed by atoms with Crippen LogP contribution in [0.25, 0.3) is 10.4 Å². The van der Waals surface area contributed by atoms with E-state index in [0.717, 1.165) is 20.8 Å². The first kappa shape index (κ1) is 22.2. The second kappa shape index (κ2) is 9.74. The molecule has 0 spiro atoms. The van der Waals surface area contributed by atoms with Crippen molar-refractivity contribution < 1.29 is 38.1 Å². The Bertz CT molecular complexity index is 646. The Morgan fingerprint density at radius 1 is 0.963 bits per heavy atom. The minimum atomic E-state index is -1.49. The molecule has 0 aromatic heterocycles. The van der Waals surface area contributed by atoms with Crippen LogP contribution in [-0.4, -0.2) is 60.5 Å². The zero-order valence-corrected chi connectivity index (χ0v) is 15.6. The standard InChI is InChI=1S/C15H22N4O8/c1-6(2)17-14(23)12-10(24-7(3)20)11(25-8(4)21)13(26-9(5)22)15(27-12)18-19-16/h6,10-13,15H,1-5H3,(H,17,23)/t10-,11-,12-,13+,15+/m0/s1. The first-order valence-electron chi connectivity index (χ1n) is 8.08. The van der Waals surface area contributed by atoms with Crippen molar-refractivity contribution in [1.29, 1.82) is 0 Å². The van der Waals surface area contributed by atoms with Gasteiger partial charge in [-0.15, -0.1) is 0 Å². The van der Waals surface area contributed by atoms with Crippen LogP contribution in [0.1, 0.15) is 34.6 Å². The van der Waals surface area contributed by atoms with Crippen LogP contribution in [0.2, 0.25) is 0 Å². The third kappa shape index (κ3) is 6.42. The van der Waals surface area contributed by atoms with E-state index in [-0.39, 0.29) is 6.04 Å². The highest BCUT2D eigenvalue weighted by atomic mass is 16.7. The predicted octanol–water partition coefficient (Wildman–Crippen LogP) is 0.341. The largest absolute Gasteiger partial charge is 0.455 e. The summed E-state index contributed by atoms with van der Waals surface area (Å²) >= 11 is 0. The number of hydrogen-bond donors (Lipinski definition) is 1. The maximum Gasteiger partial charge on any atom is 0.303 e. The van der Waals surface area contributed by atoms with Crippen LogP contribution in [0.15, 0.2) is 5.11 Å². The van der Waals surface area contributed by atoms with Gasteiger partial charge in [-0.05, 0) is 19.4 Å². The molecular formula is C15H22N4O8. The lowest BCUT2D eigenvalue weighted by atomic mass is 9.96. The summed E-state index contributed by atoms with van der Waals surface area (Å²) < 4.78 is 20.8. The lowest BCUT2D eigenvalue weighted by Gasteiger charge is -2.42. The summed E-state index contributed by atoms with van der Waals surface area (Å²) in [5, 5.41) is 5.94. The maximum absolute atomic E-state index is 12.5. The number of hydrogen-bond acceptors (Lipinski definition) is 9. The first-order valence-corrected chi connectivity index (χ1v) is 8.08. The Labute approximate surface area is 155 Å². The van der Waals surface area contributed by atoms with Crippen molar-refractivity contribution in [2.75, 3.05) is 0 Å². The molecule has 27 heavy (non-hydrogen) atoms.